The summed E-state index contributed by atoms with van der Waals surface area (Å²) in [7, 11) is 1.69. The van der Waals surface area contributed by atoms with Gasteiger partial charge in [-0.2, -0.15) is 0 Å². The Morgan fingerprint density at radius 2 is 2.11 bits per heavy atom. The fraction of sp³-hybridized carbons (Fsp3) is 0.600. The molecule has 0 radical (unpaired) electrons. The van der Waals surface area contributed by atoms with E-state index in [4.69, 9.17) is 15.2 Å². The van der Waals surface area contributed by atoms with Crippen molar-refractivity contribution in [2.75, 3.05) is 13.7 Å². The second-order valence-electron chi connectivity index (χ2n) is 4.98. The molecule has 0 aromatic heterocycles. The van der Waals surface area contributed by atoms with Crippen molar-refractivity contribution >= 4 is 0 Å². The second-order valence-corrected chi connectivity index (χ2v) is 4.98. The van der Waals surface area contributed by atoms with Crippen molar-refractivity contribution in [2.24, 2.45) is 11.7 Å². The summed E-state index contributed by atoms with van der Waals surface area (Å²) in [5.41, 5.74) is 6.97. The fourth-order valence-electron chi connectivity index (χ4n) is 2.63. The van der Waals surface area contributed by atoms with Gasteiger partial charge in [-0.05, 0) is 43.0 Å². The SMILES string of the molecule is COc1cccc(COC2CCCCC2CN)c1. The molecule has 0 heterocycles. The molecule has 3 nitrogen and oxygen atoms in total. The van der Waals surface area contributed by atoms with Crippen molar-refractivity contribution in [1.29, 1.82) is 0 Å². The molecular formula is C15H23NO2. The van der Waals surface area contributed by atoms with Gasteiger partial charge in [0.2, 0.25) is 0 Å². The van der Waals surface area contributed by atoms with Crippen molar-refractivity contribution in [3.05, 3.63) is 29.8 Å². The van der Waals surface area contributed by atoms with Crippen LogP contribution in [0.4, 0.5) is 0 Å². The minimum atomic E-state index is 0.329. The first-order chi connectivity index (χ1) is 8.83. The molecule has 3 heteroatoms. The number of nitrogens with two attached hydrogens (primary N) is 1. The Morgan fingerprint density at radius 1 is 1.28 bits per heavy atom. The highest BCUT2D eigenvalue weighted by Crippen LogP contribution is 2.27. The minimum Gasteiger partial charge on any atom is -0.497 e. The highest BCUT2D eigenvalue weighted by Gasteiger charge is 2.24. The molecule has 1 fully saturated rings. The van der Waals surface area contributed by atoms with Gasteiger partial charge in [-0.15, -0.1) is 0 Å². The molecule has 2 N–H and O–H groups in total. The van der Waals surface area contributed by atoms with E-state index in [-0.39, 0.29) is 0 Å². The maximum Gasteiger partial charge on any atom is 0.119 e. The standard InChI is InChI=1S/C15H23NO2/c1-17-14-7-4-5-12(9-14)11-18-15-8-3-2-6-13(15)10-16/h4-5,7,9,13,15H,2-3,6,8,10-11,16H2,1H3. The zero-order valence-electron chi connectivity index (χ0n) is 11.1. The number of methoxy groups -OCH3 is 1. The molecule has 1 aromatic carbocycles. The smallest absolute Gasteiger partial charge is 0.119 e. The summed E-state index contributed by atoms with van der Waals surface area (Å²) >= 11 is 0. The Labute approximate surface area is 109 Å². The zero-order valence-corrected chi connectivity index (χ0v) is 11.1. The van der Waals surface area contributed by atoms with Crippen LogP contribution in [0.3, 0.4) is 0 Å². The molecule has 0 spiro atoms. The van der Waals surface area contributed by atoms with Gasteiger partial charge in [0.15, 0.2) is 0 Å². The summed E-state index contributed by atoms with van der Waals surface area (Å²) in [6.07, 6.45) is 5.24. The molecule has 0 bridgehead atoms. The van der Waals surface area contributed by atoms with E-state index >= 15 is 0 Å². The minimum absolute atomic E-state index is 0.329. The predicted molar refractivity (Wildman–Crippen MR) is 72.6 cm³/mol. The third kappa shape index (κ3) is 3.47. The molecule has 0 aliphatic heterocycles. The van der Waals surface area contributed by atoms with Crippen LogP contribution in [0.2, 0.25) is 0 Å². The quantitative estimate of drug-likeness (QED) is 0.872. The van der Waals surface area contributed by atoms with E-state index in [1.807, 2.05) is 18.2 Å². The highest BCUT2D eigenvalue weighted by atomic mass is 16.5. The van der Waals surface area contributed by atoms with Crippen LogP contribution in [-0.2, 0) is 11.3 Å². The average molecular weight is 249 g/mol. The Morgan fingerprint density at radius 3 is 2.89 bits per heavy atom. The van der Waals surface area contributed by atoms with Gasteiger partial charge in [0.25, 0.3) is 0 Å². The van der Waals surface area contributed by atoms with Gasteiger partial charge in [-0.3, -0.25) is 0 Å². The Balaban J connectivity index is 1.89. The molecule has 1 aliphatic rings. The van der Waals surface area contributed by atoms with Crippen molar-refractivity contribution in [3.63, 3.8) is 0 Å². The molecule has 0 saturated heterocycles. The summed E-state index contributed by atoms with van der Waals surface area (Å²) < 4.78 is 11.2. The maximum absolute atomic E-state index is 6.04. The van der Waals surface area contributed by atoms with E-state index in [1.54, 1.807) is 7.11 Å². The predicted octanol–water partition coefficient (Wildman–Crippen LogP) is 2.73. The Kier molecular flexibility index (Phi) is 5.02. The summed E-state index contributed by atoms with van der Waals surface area (Å²) in [4.78, 5) is 0. The van der Waals surface area contributed by atoms with Crippen LogP contribution in [0.5, 0.6) is 5.75 Å². The molecule has 1 aliphatic carbocycles. The van der Waals surface area contributed by atoms with Crippen LogP contribution in [0.15, 0.2) is 24.3 Å². The van der Waals surface area contributed by atoms with Crippen LogP contribution in [-0.4, -0.2) is 19.8 Å². The Bertz CT molecular complexity index is 367. The number of hydrogen-bond donors (Lipinski definition) is 1. The van der Waals surface area contributed by atoms with Gasteiger partial charge < -0.3 is 15.2 Å². The number of ether oxygens (including phenoxy) is 2. The van der Waals surface area contributed by atoms with Crippen LogP contribution in [0, 0.1) is 5.92 Å². The lowest BCUT2D eigenvalue weighted by Gasteiger charge is -2.30. The largest absolute Gasteiger partial charge is 0.497 e. The van der Waals surface area contributed by atoms with E-state index in [0.29, 0.717) is 18.6 Å². The number of rotatable bonds is 5. The molecule has 100 valence electrons. The van der Waals surface area contributed by atoms with E-state index in [2.05, 4.69) is 6.07 Å². The lowest BCUT2D eigenvalue weighted by atomic mass is 9.86. The molecule has 2 atom stereocenters. The topological polar surface area (TPSA) is 44.5 Å². The second kappa shape index (κ2) is 6.76. The van der Waals surface area contributed by atoms with Crippen LogP contribution in [0.25, 0.3) is 0 Å². The Hall–Kier alpha value is -1.06. The van der Waals surface area contributed by atoms with Crippen LogP contribution in [0.1, 0.15) is 31.2 Å². The van der Waals surface area contributed by atoms with E-state index in [0.717, 1.165) is 24.3 Å². The van der Waals surface area contributed by atoms with Gasteiger partial charge in [-0.25, -0.2) is 0 Å². The molecule has 18 heavy (non-hydrogen) atoms. The third-order valence-electron chi connectivity index (χ3n) is 3.74. The first-order valence-corrected chi connectivity index (χ1v) is 6.78. The summed E-state index contributed by atoms with van der Waals surface area (Å²) in [6, 6.07) is 8.05. The fourth-order valence-corrected chi connectivity index (χ4v) is 2.63. The first kappa shape index (κ1) is 13.4. The number of hydrogen-bond acceptors (Lipinski definition) is 3. The third-order valence-corrected chi connectivity index (χ3v) is 3.74. The van der Waals surface area contributed by atoms with Gasteiger partial charge >= 0.3 is 0 Å². The molecule has 2 unspecified atom stereocenters. The lowest BCUT2D eigenvalue weighted by molar-refractivity contribution is -0.0183. The average Bonchev–Trinajstić information content (AvgIpc) is 2.45. The summed E-state index contributed by atoms with van der Waals surface area (Å²) in [6.45, 7) is 1.39. The molecule has 0 amide bonds. The van der Waals surface area contributed by atoms with Crippen molar-refractivity contribution < 1.29 is 9.47 Å². The zero-order chi connectivity index (χ0) is 12.8. The van der Waals surface area contributed by atoms with E-state index in [1.165, 1.54) is 19.3 Å². The van der Waals surface area contributed by atoms with Gasteiger partial charge in [0, 0.05) is 0 Å². The van der Waals surface area contributed by atoms with E-state index in [9.17, 15) is 0 Å². The molecule has 2 rings (SSSR count). The maximum atomic E-state index is 6.04. The first-order valence-electron chi connectivity index (χ1n) is 6.78. The van der Waals surface area contributed by atoms with Crippen molar-refractivity contribution in [1.82, 2.24) is 0 Å². The molecule has 1 saturated carbocycles. The summed E-state index contributed by atoms with van der Waals surface area (Å²) in [5.74, 6) is 1.42. The van der Waals surface area contributed by atoms with Crippen molar-refractivity contribution in [3.8, 4) is 5.75 Å². The van der Waals surface area contributed by atoms with Crippen LogP contribution < -0.4 is 10.5 Å². The van der Waals surface area contributed by atoms with E-state index < -0.39 is 0 Å². The molecular weight excluding hydrogens is 226 g/mol. The monoisotopic (exact) mass is 249 g/mol. The van der Waals surface area contributed by atoms with Gasteiger partial charge in [0.1, 0.15) is 5.75 Å². The van der Waals surface area contributed by atoms with Crippen LogP contribution >= 0.6 is 0 Å². The summed E-state index contributed by atoms with van der Waals surface area (Å²) in [5, 5.41) is 0. The lowest BCUT2D eigenvalue weighted by Crippen LogP contribution is -2.33. The normalized spacial score (nSPS) is 23.9. The van der Waals surface area contributed by atoms with Gasteiger partial charge in [-0.1, -0.05) is 25.0 Å². The van der Waals surface area contributed by atoms with Gasteiger partial charge in [0.05, 0.1) is 19.8 Å². The molecule has 1 aromatic rings. The number of benzene rings is 1. The van der Waals surface area contributed by atoms with Crippen molar-refractivity contribution in [2.45, 2.75) is 38.4 Å². The highest BCUT2D eigenvalue weighted by molar-refractivity contribution is 5.27.